The lowest BCUT2D eigenvalue weighted by molar-refractivity contribution is 0.605. The molecule has 0 aliphatic rings. The van der Waals surface area contributed by atoms with Crippen molar-refractivity contribution in [1.82, 2.24) is 15.3 Å². The first kappa shape index (κ1) is 17.9. The van der Waals surface area contributed by atoms with Crippen molar-refractivity contribution in [2.45, 2.75) is 6.54 Å². The van der Waals surface area contributed by atoms with Crippen molar-refractivity contribution in [2.24, 2.45) is 0 Å². The zero-order valence-corrected chi connectivity index (χ0v) is 15.4. The van der Waals surface area contributed by atoms with E-state index >= 15 is 0 Å². The highest BCUT2D eigenvalue weighted by molar-refractivity contribution is 9.10. The van der Waals surface area contributed by atoms with Crippen LogP contribution in [0.25, 0.3) is 5.70 Å². The summed E-state index contributed by atoms with van der Waals surface area (Å²) in [5, 5.41) is 11.5. The van der Waals surface area contributed by atoms with Gasteiger partial charge in [-0.3, -0.25) is 10.4 Å². The van der Waals surface area contributed by atoms with Gasteiger partial charge in [-0.1, -0.05) is 30.3 Å². The molecule has 0 amide bonds. The minimum absolute atomic E-state index is 0.230. The summed E-state index contributed by atoms with van der Waals surface area (Å²) in [5.41, 5.74) is 2.60. The van der Waals surface area contributed by atoms with E-state index in [4.69, 9.17) is 5.41 Å². The highest BCUT2D eigenvalue weighted by Gasteiger charge is 2.08. The Balaban J connectivity index is 1.88. The fourth-order valence-electron chi connectivity index (χ4n) is 2.35. The Morgan fingerprint density at radius 2 is 1.81 bits per heavy atom. The van der Waals surface area contributed by atoms with Gasteiger partial charge in [0.1, 0.15) is 10.4 Å². The van der Waals surface area contributed by atoms with Crippen molar-refractivity contribution in [3.8, 4) is 0 Å². The van der Waals surface area contributed by atoms with Gasteiger partial charge in [0, 0.05) is 18.3 Å². The summed E-state index contributed by atoms with van der Waals surface area (Å²) in [7, 11) is 0. The number of nitrogens with one attached hydrogen (secondary N) is 2. The van der Waals surface area contributed by atoms with Crippen LogP contribution >= 0.6 is 15.9 Å². The summed E-state index contributed by atoms with van der Waals surface area (Å²) in [6.45, 7) is 0.286. The summed E-state index contributed by atoms with van der Waals surface area (Å²) >= 11 is 3.31. The molecule has 6 heteroatoms. The minimum atomic E-state index is -0.274. The number of pyridine rings is 2. The highest BCUT2D eigenvalue weighted by atomic mass is 79.9. The highest BCUT2D eigenvalue weighted by Crippen LogP contribution is 2.14. The van der Waals surface area contributed by atoms with Crippen LogP contribution in [0.1, 0.15) is 17.0 Å². The second kappa shape index (κ2) is 8.49. The van der Waals surface area contributed by atoms with Crippen LogP contribution in [0.3, 0.4) is 0 Å². The Morgan fingerprint density at radius 3 is 2.54 bits per heavy atom. The first-order valence-corrected chi connectivity index (χ1v) is 8.74. The molecule has 0 atom stereocenters. The maximum Gasteiger partial charge on any atom is 0.128 e. The molecule has 0 unspecified atom stereocenters. The van der Waals surface area contributed by atoms with Crippen LogP contribution in [0.15, 0.2) is 77.5 Å². The summed E-state index contributed by atoms with van der Waals surface area (Å²) in [5.74, 6) is -0.274. The van der Waals surface area contributed by atoms with Gasteiger partial charge in [-0.15, -0.1) is 0 Å². The second-order valence-corrected chi connectivity index (χ2v) is 6.29. The van der Waals surface area contributed by atoms with E-state index in [-0.39, 0.29) is 18.1 Å². The van der Waals surface area contributed by atoms with Gasteiger partial charge >= 0.3 is 0 Å². The van der Waals surface area contributed by atoms with E-state index in [2.05, 4.69) is 31.2 Å². The molecule has 2 aromatic heterocycles. The molecule has 0 bridgehead atoms. The van der Waals surface area contributed by atoms with Crippen LogP contribution in [-0.4, -0.2) is 15.7 Å². The van der Waals surface area contributed by atoms with Gasteiger partial charge in [0.15, 0.2) is 0 Å². The zero-order chi connectivity index (χ0) is 18.4. The number of rotatable bonds is 6. The number of nitrogens with zero attached hydrogens (tertiary/aromatic N) is 2. The van der Waals surface area contributed by atoms with Crippen LogP contribution < -0.4 is 5.32 Å². The largest absolute Gasteiger partial charge is 0.379 e. The fourth-order valence-corrected chi connectivity index (χ4v) is 2.69. The molecule has 3 rings (SSSR count). The molecule has 130 valence electrons. The van der Waals surface area contributed by atoms with Gasteiger partial charge < -0.3 is 5.32 Å². The number of allylic oxidation sites excluding steroid dienone is 1. The zero-order valence-electron chi connectivity index (χ0n) is 13.8. The van der Waals surface area contributed by atoms with Crippen LogP contribution in [-0.2, 0) is 6.54 Å². The maximum absolute atomic E-state index is 13.9. The molecule has 26 heavy (non-hydrogen) atoms. The quantitative estimate of drug-likeness (QED) is 0.461. The Hall–Kier alpha value is -2.86. The summed E-state index contributed by atoms with van der Waals surface area (Å²) in [6.07, 6.45) is 3.33. The van der Waals surface area contributed by atoms with Crippen molar-refractivity contribution in [2.75, 3.05) is 0 Å². The number of hydrogen-bond acceptors (Lipinski definition) is 4. The summed E-state index contributed by atoms with van der Waals surface area (Å²) in [4.78, 5) is 8.62. The van der Waals surface area contributed by atoms with E-state index in [0.717, 1.165) is 0 Å². The van der Waals surface area contributed by atoms with E-state index in [1.807, 2.05) is 24.3 Å². The molecule has 2 N–H and O–H groups in total. The first-order chi connectivity index (χ1) is 12.6. The molecule has 0 fully saturated rings. The van der Waals surface area contributed by atoms with E-state index in [1.54, 1.807) is 42.6 Å². The van der Waals surface area contributed by atoms with Crippen molar-refractivity contribution < 1.29 is 4.39 Å². The fraction of sp³-hybridized carbons (Fsp3) is 0.0500. The Morgan fingerprint density at radius 1 is 1.04 bits per heavy atom. The monoisotopic (exact) mass is 410 g/mol. The lowest BCUT2D eigenvalue weighted by Gasteiger charge is -2.12. The summed E-state index contributed by atoms with van der Waals surface area (Å²) in [6, 6.07) is 17.5. The van der Waals surface area contributed by atoms with E-state index in [0.29, 0.717) is 27.3 Å². The molecule has 0 saturated heterocycles. The van der Waals surface area contributed by atoms with Gasteiger partial charge in [0.25, 0.3) is 0 Å². The Bertz CT molecular complexity index is 941. The SMILES string of the molecule is N=C(/C=C(\NCc1ccccc1F)c1ccccn1)c1cccc(Br)n1. The van der Waals surface area contributed by atoms with Gasteiger partial charge in [-0.25, -0.2) is 9.37 Å². The predicted molar refractivity (Wildman–Crippen MR) is 104 cm³/mol. The van der Waals surface area contributed by atoms with Crippen molar-refractivity contribution >= 4 is 27.3 Å². The average molecular weight is 411 g/mol. The molecule has 2 heterocycles. The molecule has 0 saturated carbocycles. The lowest BCUT2D eigenvalue weighted by Crippen LogP contribution is -2.15. The van der Waals surface area contributed by atoms with Gasteiger partial charge in [0.05, 0.1) is 22.8 Å². The van der Waals surface area contributed by atoms with E-state index < -0.39 is 0 Å². The van der Waals surface area contributed by atoms with Gasteiger partial charge in [0.2, 0.25) is 0 Å². The molecular formula is C20H16BrFN4. The Labute approximate surface area is 159 Å². The van der Waals surface area contributed by atoms with Gasteiger partial charge in [-0.05, 0) is 52.3 Å². The third kappa shape index (κ3) is 4.61. The molecular weight excluding hydrogens is 395 g/mol. The molecule has 0 aliphatic carbocycles. The molecule has 4 nitrogen and oxygen atoms in total. The third-order valence-corrected chi connectivity index (χ3v) is 4.09. The minimum Gasteiger partial charge on any atom is -0.379 e. The number of aromatic nitrogens is 2. The van der Waals surface area contributed by atoms with E-state index in [1.165, 1.54) is 6.07 Å². The van der Waals surface area contributed by atoms with Gasteiger partial charge in [-0.2, -0.15) is 0 Å². The van der Waals surface area contributed by atoms with Crippen LogP contribution in [0.2, 0.25) is 0 Å². The molecule has 3 aromatic rings. The maximum atomic E-state index is 13.9. The van der Waals surface area contributed by atoms with Crippen LogP contribution in [0, 0.1) is 11.2 Å². The standard InChI is InChI=1S/C20H16BrFN4/c21-20-10-5-9-17(26-20)16(23)12-19(18-8-3-4-11-24-18)25-13-14-6-1-2-7-15(14)22/h1-12,23,25H,13H2/b19-12-,23-16?. The topological polar surface area (TPSA) is 61.7 Å². The second-order valence-electron chi connectivity index (χ2n) is 5.48. The smallest absolute Gasteiger partial charge is 0.128 e. The Kier molecular flexibility index (Phi) is 5.86. The van der Waals surface area contributed by atoms with Crippen molar-refractivity contribution in [1.29, 1.82) is 5.41 Å². The molecule has 0 radical (unpaired) electrons. The third-order valence-electron chi connectivity index (χ3n) is 3.65. The first-order valence-electron chi connectivity index (χ1n) is 7.95. The number of hydrogen-bond donors (Lipinski definition) is 2. The van der Waals surface area contributed by atoms with E-state index in [9.17, 15) is 4.39 Å². The predicted octanol–water partition coefficient (Wildman–Crippen LogP) is 4.58. The molecule has 1 aromatic carbocycles. The van der Waals surface area contributed by atoms with Crippen molar-refractivity contribution in [3.63, 3.8) is 0 Å². The number of halogens is 2. The average Bonchev–Trinajstić information content (AvgIpc) is 2.67. The molecule has 0 spiro atoms. The summed E-state index contributed by atoms with van der Waals surface area (Å²) < 4.78 is 14.5. The normalized spacial score (nSPS) is 11.2. The number of benzene rings is 1. The lowest BCUT2D eigenvalue weighted by atomic mass is 10.1. The van der Waals surface area contributed by atoms with Crippen LogP contribution in [0.4, 0.5) is 4.39 Å². The van der Waals surface area contributed by atoms with Crippen molar-refractivity contribution in [3.05, 3.63) is 100 Å². The van der Waals surface area contributed by atoms with Crippen LogP contribution in [0.5, 0.6) is 0 Å². The molecule has 0 aliphatic heterocycles.